The van der Waals surface area contributed by atoms with Crippen LogP contribution in [0.1, 0.15) is 55.6 Å². The van der Waals surface area contributed by atoms with Gasteiger partial charge in [0.05, 0.1) is 0 Å². The maximum atomic E-state index is 13.3. The maximum Gasteiger partial charge on any atom is 0.281 e. The third-order valence-corrected chi connectivity index (χ3v) is 6.81. The second-order valence-corrected chi connectivity index (χ2v) is 9.48. The molecule has 2 aromatic rings. The molecule has 29 heavy (non-hydrogen) atoms. The van der Waals surface area contributed by atoms with Crippen molar-refractivity contribution in [3.63, 3.8) is 0 Å². The number of nitrogens with one attached hydrogen (secondary N) is 1. The second-order valence-electron chi connectivity index (χ2n) is 7.85. The number of aryl methyl sites for hydroxylation is 1. The predicted molar refractivity (Wildman–Crippen MR) is 105 cm³/mol. The van der Waals surface area contributed by atoms with Gasteiger partial charge in [-0.05, 0) is 55.0 Å². The zero-order valence-corrected chi connectivity index (χ0v) is 17.0. The third-order valence-electron chi connectivity index (χ3n) is 5.58. The first kappa shape index (κ1) is 19.8. The van der Waals surface area contributed by atoms with Crippen molar-refractivity contribution in [2.75, 3.05) is 0 Å². The lowest BCUT2D eigenvalue weighted by atomic mass is 9.95. The minimum absolute atomic E-state index is 0.393. The molecule has 4 rings (SSSR count). The molecule has 0 spiro atoms. The van der Waals surface area contributed by atoms with Crippen LogP contribution in [0.2, 0.25) is 0 Å². The van der Waals surface area contributed by atoms with Crippen molar-refractivity contribution in [2.45, 2.75) is 62.0 Å². The number of carbonyl (C=O) groups excluding carboxylic acids is 1. The van der Waals surface area contributed by atoms with Gasteiger partial charge in [0.25, 0.3) is 15.9 Å². The number of benzene rings is 1. The van der Waals surface area contributed by atoms with Crippen LogP contribution in [0.25, 0.3) is 0 Å². The highest BCUT2D eigenvalue weighted by Gasteiger charge is 2.54. The quantitative estimate of drug-likeness (QED) is 0.725. The summed E-state index contributed by atoms with van der Waals surface area (Å²) < 4.78 is 46.3. The van der Waals surface area contributed by atoms with Crippen LogP contribution in [0.3, 0.4) is 0 Å². The van der Waals surface area contributed by atoms with Gasteiger partial charge in [-0.1, -0.05) is 31.0 Å². The van der Waals surface area contributed by atoms with E-state index in [1.54, 1.807) is 0 Å². The maximum absolute atomic E-state index is 13.3. The molecule has 1 aromatic carbocycles. The molecule has 0 radical (unpaired) electrons. The van der Waals surface area contributed by atoms with Gasteiger partial charge in [-0.25, -0.2) is 9.71 Å². The molecule has 0 unspecified atom stereocenters. The molecule has 2 aliphatic carbocycles. The van der Waals surface area contributed by atoms with Crippen LogP contribution in [0, 0.1) is 12.9 Å². The summed E-state index contributed by atoms with van der Waals surface area (Å²) in [7, 11) is -4.28. The molecule has 2 aliphatic rings. The molecule has 154 valence electrons. The molecule has 0 bridgehead atoms. The standard InChI is InChI=1S/C21H23FN2O4S/c1-14-9-10-16(15-5-2-3-6-15)17(13-14)28-21(11-12-21)20(25)24-29(26,27)19-8-4-7-18(22)23-19/h4,7-10,13,15H,2-3,5-6,11-12H2,1H3,(H,24,25). The first-order valence-electron chi connectivity index (χ1n) is 9.78. The Kier molecular flexibility index (Phi) is 5.06. The van der Waals surface area contributed by atoms with E-state index < -0.39 is 32.5 Å². The summed E-state index contributed by atoms with van der Waals surface area (Å²) in [5, 5.41) is -0.538. The van der Waals surface area contributed by atoms with Gasteiger partial charge in [-0.2, -0.15) is 12.8 Å². The van der Waals surface area contributed by atoms with E-state index in [1.165, 1.54) is 18.9 Å². The van der Waals surface area contributed by atoms with E-state index in [1.807, 2.05) is 29.8 Å². The lowest BCUT2D eigenvalue weighted by Crippen LogP contribution is -2.43. The number of nitrogens with zero attached hydrogens (tertiary/aromatic N) is 1. The molecule has 1 heterocycles. The molecule has 2 saturated carbocycles. The van der Waals surface area contributed by atoms with E-state index in [9.17, 15) is 17.6 Å². The molecule has 1 N–H and O–H groups in total. The smallest absolute Gasteiger partial charge is 0.281 e. The van der Waals surface area contributed by atoms with Crippen LogP contribution < -0.4 is 9.46 Å². The van der Waals surface area contributed by atoms with Gasteiger partial charge in [0.1, 0.15) is 5.75 Å². The van der Waals surface area contributed by atoms with Crippen LogP contribution in [0.15, 0.2) is 41.4 Å². The van der Waals surface area contributed by atoms with Crippen molar-refractivity contribution in [3.8, 4) is 5.75 Å². The second kappa shape index (κ2) is 7.40. The number of carbonyl (C=O) groups is 1. The Bertz CT molecular complexity index is 1040. The summed E-state index contributed by atoms with van der Waals surface area (Å²) >= 11 is 0. The fourth-order valence-corrected chi connectivity index (χ4v) is 4.81. The van der Waals surface area contributed by atoms with Gasteiger partial charge in [0, 0.05) is 12.8 Å². The Balaban J connectivity index is 1.55. The molecule has 1 aromatic heterocycles. The zero-order chi connectivity index (χ0) is 20.6. The first-order chi connectivity index (χ1) is 13.8. The van der Waals surface area contributed by atoms with Crippen LogP contribution in [0.4, 0.5) is 4.39 Å². The minimum atomic E-state index is -4.28. The van der Waals surface area contributed by atoms with Crippen molar-refractivity contribution in [1.82, 2.24) is 9.71 Å². The van der Waals surface area contributed by atoms with Crippen LogP contribution in [-0.4, -0.2) is 24.9 Å². The summed E-state index contributed by atoms with van der Waals surface area (Å²) in [5.74, 6) is -0.642. The highest BCUT2D eigenvalue weighted by molar-refractivity contribution is 7.90. The Labute approximate surface area is 169 Å². The van der Waals surface area contributed by atoms with Crippen molar-refractivity contribution < 1.29 is 22.3 Å². The summed E-state index contributed by atoms with van der Waals surface area (Å²) in [5.41, 5.74) is 0.859. The number of rotatable bonds is 6. The van der Waals surface area contributed by atoms with E-state index in [4.69, 9.17) is 4.74 Å². The lowest BCUT2D eigenvalue weighted by molar-refractivity contribution is -0.128. The Morgan fingerprint density at radius 3 is 2.59 bits per heavy atom. The number of halogens is 1. The molecule has 1 amide bonds. The third kappa shape index (κ3) is 4.12. The number of amides is 1. The minimum Gasteiger partial charge on any atom is -0.477 e. The zero-order valence-electron chi connectivity index (χ0n) is 16.2. The molecule has 0 saturated heterocycles. The summed E-state index contributed by atoms with van der Waals surface area (Å²) in [6.07, 6.45) is 5.34. The largest absolute Gasteiger partial charge is 0.477 e. The monoisotopic (exact) mass is 418 g/mol. The summed E-state index contributed by atoms with van der Waals surface area (Å²) in [6, 6.07) is 9.38. The van der Waals surface area contributed by atoms with Crippen LogP contribution in [-0.2, 0) is 14.8 Å². The molecule has 6 nitrogen and oxygen atoms in total. The number of pyridine rings is 1. The van der Waals surface area contributed by atoms with E-state index in [0.29, 0.717) is 24.5 Å². The average Bonchev–Trinajstić information content (AvgIpc) is 3.24. The van der Waals surface area contributed by atoms with Crippen LogP contribution >= 0.6 is 0 Å². The predicted octanol–water partition coefficient (Wildman–Crippen LogP) is 3.60. The molecule has 0 atom stereocenters. The highest BCUT2D eigenvalue weighted by Crippen LogP contribution is 2.45. The van der Waals surface area contributed by atoms with Gasteiger partial charge in [0.2, 0.25) is 5.95 Å². The van der Waals surface area contributed by atoms with Gasteiger partial charge in [-0.3, -0.25) is 4.79 Å². The first-order valence-corrected chi connectivity index (χ1v) is 11.3. The average molecular weight is 418 g/mol. The molecule has 2 fully saturated rings. The van der Waals surface area contributed by atoms with Crippen molar-refractivity contribution in [2.24, 2.45) is 0 Å². The van der Waals surface area contributed by atoms with Crippen LogP contribution in [0.5, 0.6) is 5.75 Å². The van der Waals surface area contributed by atoms with Crippen molar-refractivity contribution >= 4 is 15.9 Å². The van der Waals surface area contributed by atoms with E-state index in [-0.39, 0.29) is 0 Å². The fourth-order valence-electron chi connectivity index (χ4n) is 3.81. The molecule has 0 aliphatic heterocycles. The van der Waals surface area contributed by atoms with Crippen molar-refractivity contribution in [3.05, 3.63) is 53.5 Å². The van der Waals surface area contributed by atoms with E-state index >= 15 is 0 Å². The number of aromatic nitrogens is 1. The van der Waals surface area contributed by atoms with Gasteiger partial charge in [0.15, 0.2) is 10.6 Å². The van der Waals surface area contributed by atoms with E-state index in [2.05, 4.69) is 4.98 Å². The number of sulfonamides is 1. The summed E-state index contributed by atoms with van der Waals surface area (Å²) in [4.78, 5) is 16.1. The normalized spacial score (nSPS) is 18.4. The fraction of sp³-hybridized carbons (Fsp3) is 0.429. The van der Waals surface area contributed by atoms with Crippen molar-refractivity contribution in [1.29, 1.82) is 0 Å². The van der Waals surface area contributed by atoms with Gasteiger partial charge >= 0.3 is 0 Å². The lowest BCUT2D eigenvalue weighted by Gasteiger charge is -2.22. The number of hydrogen-bond donors (Lipinski definition) is 1. The molecular formula is C21H23FN2O4S. The Morgan fingerprint density at radius 2 is 1.93 bits per heavy atom. The number of ether oxygens (including phenoxy) is 1. The highest BCUT2D eigenvalue weighted by atomic mass is 32.2. The molecular weight excluding hydrogens is 395 g/mol. The van der Waals surface area contributed by atoms with E-state index in [0.717, 1.165) is 36.1 Å². The Morgan fingerprint density at radius 1 is 1.21 bits per heavy atom. The topological polar surface area (TPSA) is 85.4 Å². The SMILES string of the molecule is Cc1ccc(C2CCCC2)c(OC2(C(=O)NS(=O)(=O)c3cccc(F)n3)CC2)c1. The molecule has 8 heteroatoms. The van der Waals surface area contributed by atoms with Gasteiger partial charge < -0.3 is 4.74 Å². The van der Waals surface area contributed by atoms with Gasteiger partial charge in [-0.15, -0.1) is 0 Å². The number of hydrogen-bond acceptors (Lipinski definition) is 5. The Hall–Kier alpha value is -2.48. The summed E-state index contributed by atoms with van der Waals surface area (Å²) in [6.45, 7) is 1.95.